The van der Waals surface area contributed by atoms with E-state index in [9.17, 15) is 8.42 Å². The third kappa shape index (κ3) is 5.90. The Bertz CT molecular complexity index is 704. The maximum absolute atomic E-state index is 12.1. The summed E-state index contributed by atoms with van der Waals surface area (Å²) in [5, 5.41) is 0. The Morgan fingerprint density at radius 1 is 0.913 bits per heavy atom. The first-order valence-corrected chi connectivity index (χ1v) is 9.36. The molecule has 0 saturated carbocycles. The summed E-state index contributed by atoms with van der Waals surface area (Å²) >= 11 is 3.40. The topological polar surface area (TPSA) is 72.2 Å². The number of nitrogens with two attached hydrogens (primary N) is 1. The van der Waals surface area contributed by atoms with Crippen LogP contribution in [0.4, 0.5) is 0 Å². The molecule has 2 aromatic rings. The van der Waals surface area contributed by atoms with Crippen LogP contribution in [0.25, 0.3) is 11.1 Å². The minimum absolute atomic E-state index is 0. The highest BCUT2D eigenvalue weighted by molar-refractivity contribution is 9.10. The van der Waals surface area contributed by atoms with Crippen LogP contribution < -0.4 is 10.5 Å². The Kier molecular flexibility index (Phi) is 8.22. The lowest BCUT2D eigenvalue weighted by Gasteiger charge is -2.08. The second-order valence-corrected chi connectivity index (χ2v) is 7.61. The fraction of sp³-hybridized carbons (Fsp3) is 0.250. The van der Waals surface area contributed by atoms with Crippen LogP contribution in [0.5, 0.6) is 0 Å². The van der Waals surface area contributed by atoms with Gasteiger partial charge in [0.1, 0.15) is 0 Å². The predicted octanol–water partition coefficient (Wildman–Crippen LogP) is 3.56. The van der Waals surface area contributed by atoms with E-state index in [1.54, 1.807) is 12.1 Å². The highest BCUT2D eigenvalue weighted by Gasteiger charge is 2.13. The van der Waals surface area contributed by atoms with Gasteiger partial charge < -0.3 is 5.73 Å². The summed E-state index contributed by atoms with van der Waals surface area (Å²) in [6, 6.07) is 14.8. The number of halogens is 2. The Hall–Kier alpha value is -0.920. The molecule has 3 N–H and O–H groups in total. The van der Waals surface area contributed by atoms with Crippen molar-refractivity contribution in [3.63, 3.8) is 0 Å². The third-order valence-corrected chi connectivity index (χ3v) is 5.27. The Labute approximate surface area is 152 Å². The zero-order valence-electron chi connectivity index (χ0n) is 12.5. The van der Waals surface area contributed by atoms with Gasteiger partial charge in [-0.15, -0.1) is 12.4 Å². The van der Waals surface area contributed by atoms with Crippen LogP contribution in [-0.4, -0.2) is 21.5 Å². The molecule has 0 bridgehead atoms. The minimum atomic E-state index is -3.44. The fourth-order valence-electron chi connectivity index (χ4n) is 2.03. The number of sulfonamides is 1. The minimum Gasteiger partial charge on any atom is -0.330 e. The average Bonchev–Trinajstić information content (AvgIpc) is 2.52. The van der Waals surface area contributed by atoms with Crippen molar-refractivity contribution < 1.29 is 8.42 Å². The molecule has 0 heterocycles. The van der Waals surface area contributed by atoms with Crippen molar-refractivity contribution in [1.82, 2.24) is 4.72 Å². The highest BCUT2D eigenvalue weighted by Crippen LogP contribution is 2.23. The second-order valence-electron chi connectivity index (χ2n) is 4.92. The molecule has 2 rings (SSSR count). The smallest absolute Gasteiger partial charge is 0.240 e. The molecular weight excluding hydrogens is 400 g/mol. The first-order valence-electron chi connectivity index (χ1n) is 7.09. The maximum Gasteiger partial charge on any atom is 0.240 e. The lowest BCUT2D eigenvalue weighted by atomic mass is 10.1. The molecule has 2 aromatic carbocycles. The fourth-order valence-corrected chi connectivity index (χ4v) is 3.37. The lowest BCUT2D eigenvalue weighted by Crippen LogP contribution is -2.25. The van der Waals surface area contributed by atoms with Gasteiger partial charge in [-0.05, 0) is 54.8 Å². The summed E-state index contributed by atoms with van der Waals surface area (Å²) in [5.74, 6) is 0. The molecule has 23 heavy (non-hydrogen) atoms. The number of nitrogens with one attached hydrogen (secondary N) is 1. The molecule has 126 valence electrons. The van der Waals surface area contributed by atoms with Crippen LogP contribution in [0.2, 0.25) is 0 Å². The van der Waals surface area contributed by atoms with Crippen molar-refractivity contribution in [2.75, 3.05) is 13.1 Å². The summed E-state index contributed by atoms with van der Waals surface area (Å²) in [5.41, 5.74) is 7.42. The largest absolute Gasteiger partial charge is 0.330 e. The average molecular weight is 420 g/mol. The van der Waals surface area contributed by atoms with Gasteiger partial charge in [0.05, 0.1) is 4.90 Å². The molecule has 0 spiro atoms. The normalized spacial score (nSPS) is 11.0. The second kappa shape index (κ2) is 9.39. The number of rotatable bonds is 7. The lowest BCUT2D eigenvalue weighted by molar-refractivity contribution is 0.577. The summed E-state index contributed by atoms with van der Waals surface area (Å²) in [6.07, 6.45) is 1.55. The van der Waals surface area contributed by atoms with Gasteiger partial charge in [-0.1, -0.05) is 40.2 Å². The molecule has 0 amide bonds. The first-order chi connectivity index (χ1) is 10.5. The molecule has 0 unspecified atom stereocenters. The Morgan fingerprint density at radius 3 is 1.96 bits per heavy atom. The van der Waals surface area contributed by atoms with E-state index in [0.29, 0.717) is 13.1 Å². The summed E-state index contributed by atoms with van der Waals surface area (Å²) in [4.78, 5) is 0.279. The van der Waals surface area contributed by atoms with Gasteiger partial charge in [-0.2, -0.15) is 0 Å². The highest BCUT2D eigenvalue weighted by atomic mass is 79.9. The van der Waals surface area contributed by atoms with E-state index in [1.807, 2.05) is 36.4 Å². The first kappa shape index (κ1) is 20.1. The molecule has 0 saturated heterocycles. The SMILES string of the molecule is Cl.NCCCCNS(=O)(=O)c1ccc(-c2ccc(Br)cc2)cc1. The van der Waals surface area contributed by atoms with Gasteiger partial charge in [-0.25, -0.2) is 13.1 Å². The van der Waals surface area contributed by atoms with Gasteiger partial charge in [0.15, 0.2) is 0 Å². The monoisotopic (exact) mass is 418 g/mol. The van der Waals surface area contributed by atoms with E-state index in [0.717, 1.165) is 28.4 Å². The number of benzene rings is 2. The van der Waals surface area contributed by atoms with Crippen LogP contribution in [0.3, 0.4) is 0 Å². The van der Waals surface area contributed by atoms with Gasteiger partial charge >= 0.3 is 0 Å². The van der Waals surface area contributed by atoms with Crippen LogP contribution in [0, 0.1) is 0 Å². The molecular formula is C16H20BrClN2O2S. The van der Waals surface area contributed by atoms with E-state index in [-0.39, 0.29) is 17.3 Å². The van der Waals surface area contributed by atoms with E-state index in [1.165, 1.54) is 0 Å². The molecule has 0 aliphatic rings. The standard InChI is InChI=1S/C16H19BrN2O2S.ClH/c17-15-7-3-13(4-8-15)14-5-9-16(10-6-14)22(20,21)19-12-2-1-11-18;/h3-10,19H,1-2,11-12,18H2;1H. The maximum atomic E-state index is 12.1. The Balaban J connectivity index is 0.00000264. The van der Waals surface area contributed by atoms with E-state index in [2.05, 4.69) is 20.7 Å². The van der Waals surface area contributed by atoms with Crippen molar-refractivity contribution >= 4 is 38.4 Å². The van der Waals surface area contributed by atoms with Crippen LogP contribution >= 0.6 is 28.3 Å². The molecule has 0 radical (unpaired) electrons. The predicted molar refractivity (Wildman–Crippen MR) is 100 cm³/mol. The van der Waals surface area contributed by atoms with Gasteiger partial charge in [-0.3, -0.25) is 0 Å². The number of hydrogen-bond acceptors (Lipinski definition) is 3. The van der Waals surface area contributed by atoms with Crippen molar-refractivity contribution in [3.8, 4) is 11.1 Å². The van der Waals surface area contributed by atoms with E-state index < -0.39 is 10.0 Å². The molecule has 0 aliphatic heterocycles. The molecule has 0 aliphatic carbocycles. The summed E-state index contributed by atoms with van der Waals surface area (Å²) in [7, 11) is -3.44. The summed E-state index contributed by atoms with van der Waals surface area (Å²) in [6.45, 7) is 0.984. The van der Waals surface area contributed by atoms with Crippen molar-refractivity contribution in [2.45, 2.75) is 17.7 Å². The molecule has 0 atom stereocenters. The zero-order valence-corrected chi connectivity index (χ0v) is 15.8. The van der Waals surface area contributed by atoms with Crippen molar-refractivity contribution in [3.05, 3.63) is 53.0 Å². The van der Waals surface area contributed by atoms with Crippen LogP contribution in [0.15, 0.2) is 57.9 Å². The van der Waals surface area contributed by atoms with Crippen molar-refractivity contribution in [2.24, 2.45) is 5.73 Å². The molecule has 0 aromatic heterocycles. The van der Waals surface area contributed by atoms with Crippen LogP contribution in [-0.2, 0) is 10.0 Å². The van der Waals surface area contributed by atoms with Gasteiger partial charge in [0, 0.05) is 11.0 Å². The quantitative estimate of drug-likeness (QED) is 0.674. The summed E-state index contributed by atoms with van der Waals surface area (Å²) < 4.78 is 27.9. The van der Waals surface area contributed by atoms with Gasteiger partial charge in [0.2, 0.25) is 10.0 Å². The van der Waals surface area contributed by atoms with E-state index >= 15 is 0 Å². The van der Waals surface area contributed by atoms with Crippen molar-refractivity contribution in [1.29, 1.82) is 0 Å². The van der Waals surface area contributed by atoms with E-state index in [4.69, 9.17) is 5.73 Å². The Morgan fingerprint density at radius 2 is 1.43 bits per heavy atom. The number of unbranched alkanes of at least 4 members (excludes halogenated alkanes) is 1. The zero-order chi connectivity index (χ0) is 16.0. The molecule has 4 nitrogen and oxygen atoms in total. The number of hydrogen-bond donors (Lipinski definition) is 2. The van der Waals surface area contributed by atoms with Crippen LogP contribution in [0.1, 0.15) is 12.8 Å². The van der Waals surface area contributed by atoms with Gasteiger partial charge in [0.25, 0.3) is 0 Å². The third-order valence-electron chi connectivity index (χ3n) is 3.27. The molecule has 0 fully saturated rings. The molecule has 7 heteroatoms.